The van der Waals surface area contributed by atoms with Crippen molar-refractivity contribution >= 4 is 26.5 Å². The highest BCUT2D eigenvalue weighted by Gasteiger charge is 2.18. The SMILES string of the molecule is O=S(=O)(CCc1ccccc1)Nc1nc2c(s1)CNCC2. The number of sulfonamides is 1. The first-order chi connectivity index (χ1) is 10.1. The van der Waals surface area contributed by atoms with Gasteiger partial charge in [-0.2, -0.15) is 0 Å². The minimum atomic E-state index is -3.35. The van der Waals surface area contributed by atoms with E-state index in [0.717, 1.165) is 35.6 Å². The van der Waals surface area contributed by atoms with Gasteiger partial charge in [-0.1, -0.05) is 41.7 Å². The van der Waals surface area contributed by atoms with Crippen LogP contribution in [0.4, 0.5) is 5.13 Å². The van der Waals surface area contributed by atoms with Gasteiger partial charge in [-0.05, 0) is 12.0 Å². The van der Waals surface area contributed by atoms with Crippen LogP contribution in [0.15, 0.2) is 30.3 Å². The second-order valence-corrected chi connectivity index (χ2v) is 7.90. The summed E-state index contributed by atoms with van der Waals surface area (Å²) in [7, 11) is -3.35. The van der Waals surface area contributed by atoms with Crippen molar-refractivity contribution in [3.63, 3.8) is 0 Å². The highest BCUT2D eigenvalue weighted by atomic mass is 32.2. The molecule has 0 spiro atoms. The van der Waals surface area contributed by atoms with E-state index in [9.17, 15) is 8.42 Å². The van der Waals surface area contributed by atoms with Crippen molar-refractivity contribution in [2.75, 3.05) is 17.0 Å². The largest absolute Gasteiger partial charge is 0.311 e. The zero-order valence-corrected chi connectivity index (χ0v) is 13.1. The van der Waals surface area contributed by atoms with Crippen molar-refractivity contribution in [2.45, 2.75) is 19.4 Å². The van der Waals surface area contributed by atoms with Crippen LogP contribution in [0.3, 0.4) is 0 Å². The number of hydrogen-bond acceptors (Lipinski definition) is 5. The van der Waals surface area contributed by atoms with Gasteiger partial charge in [0.25, 0.3) is 0 Å². The third kappa shape index (κ3) is 3.81. The fourth-order valence-corrected chi connectivity index (χ4v) is 4.54. The molecule has 0 bridgehead atoms. The molecule has 2 heterocycles. The molecular formula is C14H17N3O2S2. The summed E-state index contributed by atoms with van der Waals surface area (Å²) in [6.45, 7) is 1.68. The Morgan fingerprint density at radius 1 is 1.29 bits per heavy atom. The maximum Gasteiger partial charge on any atom is 0.234 e. The van der Waals surface area contributed by atoms with Crippen LogP contribution < -0.4 is 10.0 Å². The Kier molecular flexibility index (Phi) is 4.23. The Morgan fingerprint density at radius 3 is 2.86 bits per heavy atom. The standard InChI is InChI=1S/C14H17N3O2S2/c18-21(19,9-7-11-4-2-1-3-5-11)17-14-16-12-6-8-15-10-13(12)20-14/h1-5,15H,6-10H2,(H,16,17). The van der Waals surface area contributed by atoms with Gasteiger partial charge in [0, 0.05) is 24.4 Å². The van der Waals surface area contributed by atoms with E-state index in [1.807, 2.05) is 30.3 Å². The number of benzene rings is 1. The van der Waals surface area contributed by atoms with E-state index in [4.69, 9.17) is 0 Å². The minimum Gasteiger partial charge on any atom is -0.311 e. The van der Waals surface area contributed by atoms with Gasteiger partial charge in [-0.25, -0.2) is 13.4 Å². The van der Waals surface area contributed by atoms with Crippen LogP contribution in [0.5, 0.6) is 0 Å². The van der Waals surface area contributed by atoms with Crippen molar-refractivity contribution in [1.29, 1.82) is 0 Å². The predicted molar refractivity (Wildman–Crippen MR) is 85.1 cm³/mol. The summed E-state index contributed by atoms with van der Waals surface area (Å²) in [6, 6.07) is 9.62. The summed E-state index contributed by atoms with van der Waals surface area (Å²) in [5.74, 6) is 0.0690. The molecule has 112 valence electrons. The van der Waals surface area contributed by atoms with Crippen molar-refractivity contribution in [3.05, 3.63) is 46.5 Å². The summed E-state index contributed by atoms with van der Waals surface area (Å²) in [5, 5.41) is 3.74. The minimum absolute atomic E-state index is 0.0690. The number of anilines is 1. The lowest BCUT2D eigenvalue weighted by atomic mass is 10.2. The molecule has 0 amide bonds. The fraction of sp³-hybridized carbons (Fsp3) is 0.357. The van der Waals surface area contributed by atoms with Crippen molar-refractivity contribution in [2.24, 2.45) is 0 Å². The Balaban J connectivity index is 1.64. The van der Waals surface area contributed by atoms with Gasteiger partial charge in [0.15, 0.2) is 5.13 Å². The average Bonchev–Trinajstić information content (AvgIpc) is 2.87. The topological polar surface area (TPSA) is 71.1 Å². The second kappa shape index (κ2) is 6.13. The molecule has 1 aromatic heterocycles. The third-order valence-electron chi connectivity index (χ3n) is 3.35. The lowest BCUT2D eigenvalue weighted by Crippen LogP contribution is -2.22. The predicted octanol–water partition coefficient (Wildman–Crippen LogP) is 1.77. The molecule has 0 saturated heterocycles. The number of aromatic nitrogens is 1. The van der Waals surface area contributed by atoms with Crippen LogP contribution in [-0.2, 0) is 29.4 Å². The van der Waals surface area contributed by atoms with Gasteiger partial charge in [0.05, 0.1) is 11.4 Å². The molecule has 2 aromatic rings. The Labute approximate surface area is 128 Å². The van der Waals surface area contributed by atoms with Crippen LogP contribution in [0, 0.1) is 0 Å². The lowest BCUT2D eigenvalue weighted by molar-refractivity contribution is 0.600. The normalized spacial score (nSPS) is 14.7. The molecule has 21 heavy (non-hydrogen) atoms. The molecule has 7 heteroatoms. The van der Waals surface area contributed by atoms with E-state index in [2.05, 4.69) is 15.0 Å². The lowest BCUT2D eigenvalue weighted by Gasteiger charge is -2.09. The van der Waals surface area contributed by atoms with Crippen LogP contribution in [0.25, 0.3) is 0 Å². The summed E-state index contributed by atoms with van der Waals surface area (Å²) >= 11 is 1.42. The second-order valence-electron chi connectivity index (χ2n) is 4.97. The highest BCUT2D eigenvalue weighted by molar-refractivity contribution is 7.92. The van der Waals surface area contributed by atoms with Crippen LogP contribution in [0.2, 0.25) is 0 Å². The fourth-order valence-electron chi connectivity index (χ4n) is 2.25. The van der Waals surface area contributed by atoms with Crippen LogP contribution in [-0.4, -0.2) is 25.7 Å². The monoisotopic (exact) mass is 323 g/mol. The molecule has 0 fully saturated rings. The maximum atomic E-state index is 12.1. The van der Waals surface area contributed by atoms with Gasteiger partial charge in [0.2, 0.25) is 10.0 Å². The zero-order chi connectivity index (χ0) is 14.7. The van der Waals surface area contributed by atoms with Gasteiger partial charge >= 0.3 is 0 Å². The van der Waals surface area contributed by atoms with Gasteiger partial charge in [0.1, 0.15) is 0 Å². The van der Waals surface area contributed by atoms with Crippen LogP contribution >= 0.6 is 11.3 Å². The number of aryl methyl sites for hydroxylation is 1. The average molecular weight is 323 g/mol. The molecule has 2 N–H and O–H groups in total. The molecule has 1 aliphatic heterocycles. The third-order valence-corrected chi connectivity index (χ3v) is 5.74. The number of nitrogens with one attached hydrogen (secondary N) is 2. The molecule has 1 aromatic carbocycles. The molecule has 0 aliphatic carbocycles. The first kappa shape index (κ1) is 14.5. The Hall–Kier alpha value is -1.44. The van der Waals surface area contributed by atoms with Gasteiger partial charge < -0.3 is 5.32 Å². The molecule has 0 saturated carbocycles. The number of nitrogens with zero attached hydrogens (tertiary/aromatic N) is 1. The van der Waals surface area contributed by atoms with E-state index in [0.29, 0.717) is 11.6 Å². The summed E-state index contributed by atoms with van der Waals surface area (Å²) < 4.78 is 26.8. The molecule has 3 rings (SSSR count). The van der Waals surface area contributed by atoms with E-state index in [1.54, 1.807) is 0 Å². The first-order valence-electron chi connectivity index (χ1n) is 6.86. The molecule has 0 atom stereocenters. The molecule has 1 aliphatic rings. The van der Waals surface area contributed by atoms with Crippen molar-refractivity contribution in [1.82, 2.24) is 10.3 Å². The highest BCUT2D eigenvalue weighted by Crippen LogP contribution is 2.26. The number of thiazole rings is 1. The smallest absolute Gasteiger partial charge is 0.234 e. The molecule has 0 radical (unpaired) electrons. The first-order valence-corrected chi connectivity index (χ1v) is 9.33. The number of fused-ring (bicyclic) bond motifs is 1. The van der Waals surface area contributed by atoms with E-state index < -0.39 is 10.0 Å². The summed E-state index contributed by atoms with van der Waals surface area (Å²) in [5.41, 5.74) is 2.03. The van der Waals surface area contributed by atoms with E-state index in [-0.39, 0.29) is 5.75 Å². The molecular weight excluding hydrogens is 306 g/mol. The molecule has 5 nitrogen and oxygen atoms in total. The summed E-state index contributed by atoms with van der Waals surface area (Å²) in [4.78, 5) is 5.51. The van der Waals surface area contributed by atoms with Crippen molar-refractivity contribution < 1.29 is 8.42 Å². The molecule has 0 unspecified atom stereocenters. The summed E-state index contributed by atoms with van der Waals surface area (Å²) in [6.07, 6.45) is 1.36. The van der Waals surface area contributed by atoms with Gasteiger partial charge in [-0.15, -0.1) is 0 Å². The van der Waals surface area contributed by atoms with Gasteiger partial charge in [-0.3, -0.25) is 4.72 Å². The Morgan fingerprint density at radius 2 is 2.10 bits per heavy atom. The van der Waals surface area contributed by atoms with E-state index >= 15 is 0 Å². The quantitative estimate of drug-likeness (QED) is 0.880. The maximum absolute atomic E-state index is 12.1. The van der Waals surface area contributed by atoms with Crippen LogP contribution in [0.1, 0.15) is 16.1 Å². The number of hydrogen-bond donors (Lipinski definition) is 2. The number of rotatable bonds is 5. The Bertz CT molecular complexity index is 688. The van der Waals surface area contributed by atoms with Crippen molar-refractivity contribution in [3.8, 4) is 0 Å². The zero-order valence-electron chi connectivity index (χ0n) is 11.5. The van der Waals surface area contributed by atoms with E-state index in [1.165, 1.54) is 11.3 Å².